The molecule has 1 heterocycles. The van der Waals surface area contributed by atoms with Crippen LogP contribution in [0.15, 0.2) is 72.9 Å². The number of nitrogens with zero attached hydrogens (tertiary/aromatic N) is 1. The van der Waals surface area contributed by atoms with Crippen LogP contribution in [0, 0.1) is 5.82 Å². The predicted molar refractivity (Wildman–Crippen MR) is 98.3 cm³/mol. The maximum Gasteiger partial charge on any atom is 0.307 e. The average Bonchev–Trinajstić information content (AvgIpc) is 2.65. The van der Waals surface area contributed by atoms with Crippen LogP contribution in [0.3, 0.4) is 0 Å². The SMILES string of the molecule is O=C(CCc1cccc(Cl)c1)OC(c1cccc(F)c1)c1ccccn1. The summed E-state index contributed by atoms with van der Waals surface area (Å²) in [5.74, 6) is -0.775. The summed E-state index contributed by atoms with van der Waals surface area (Å²) in [4.78, 5) is 16.6. The van der Waals surface area contributed by atoms with E-state index in [0.29, 0.717) is 22.7 Å². The number of benzene rings is 2. The highest BCUT2D eigenvalue weighted by Crippen LogP contribution is 2.26. The van der Waals surface area contributed by atoms with Crippen molar-refractivity contribution in [3.05, 3.63) is 101 Å². The fourth-order valence-corrected chi connectivity index (χ4v) is 2.84. The van der Waals surface area contributed by atoms with Crippen LogP contribution in [0.2, 0.25) is 5.02 Å². The standard InChI is InChI=1S/C21H17ClFNO2/c22-17-7-3-5-15(13-17)10-11-20(25)26-21(19-9-1-2-12-24-19)16-6-4-8-18(23)14-16/h1-9,12-14,21H,10-11H2. The fraction of sp³-hybridized carbons (Fsp3) is 0.143. The number of halogens is 2. The van der Waals surface area contributed by atoms with E-state index < -0.39 is 11.9 Å². The molecule has 2 aromatic carbocycles. The van der Waals surface area contributed by atoms with Gasteiger partial charge < -0.3 is 4.74 Å². The van der Waals surface area contributed by atoms with E-state index in [0.717, 1.165) is 5.56 Å². The van der Waals surface area contributed by atoms with Crippen LogP contribution >= 0.6 is 11.6 Å². The molecule has 132 valence electrons. The van der Waals surface area contributed by atoms with Crippen LogP contribution < -0.4 is 0 Å². The zero-order valence-corrected chi connectivity index (χ0v) is 14.7. The number of hydrogen-bond acceptors (Lipinski definition) is 3. The molecule has 0 spiro atoms. The maximum atomic E-state index is 13.6. The number of rotatable bonds is 6. The molecule has 0 saturated carbocycles. The van der Waals surface area contributed by atoms with Gasteiger partial charge in [-0.15, -0.1) is 0 Å². The summed E-state index contributed by atoms with van der Waals surface area (Å²) < 4.78 is 19.2. The highest BCUT2D eigenvalue weighted by molar-refractivity contribution is 6.30. The minimum atomic E-state index is -0.751. The molecular formula is C21H17ClFNO2. The van der Waals surface area contributed by atoms with Gasteiger partial charge in [0, 0.05) is 23.2 Å². The molecule has 0 fully saturated rings. The summed E-state index contributed by atoms with van der Waals surface area (Å²) >= 11 is 5.96. The largest absolute Gasteiger partial charge is 0.451 e. The molecule has 3 nitrogen and oxygen atoms in total. The van der Waals surface area contributed by atoms with Gasteiger partial charge in [-0.2, -0.15) is 0 Å². The maximum absolute atomic E-state index is 13.6. The van der Waals surface area contributed by atoms with E-state index in [4.69, 9.17) is 16.3 Å². The third kappa shape index (κ3) is 4.90. The van der Waals surface area contributed by atoms with E-state index >= 15 is 0 Å². The molecule has 0 bridgehead atoms. The third-order valence-electron chi connectivity index (χ3n) is 3.86. The summed E-state index contributed by atoms with van der Waals surface area (Å²) in [5, 5.41) is 0.627. The van der Waals surface area contributed by atoms with Gasteiger partial charge in [-0.25, -0.2) is 4.39 Å². The van der Waals surface area contributed by atoms with E-state index in [-0.39, 0.29) is 12.4 Å². The normalized spacial score (nSPS) is 11.8. The van der Waals surface area contributed by atoms with Gasteiger partial charge in [0.25, 0.3) is 0 Å². The number of ether oxygens (including phenoxy) is 1. The molecule has 0 radical (unpaired) electrons. The van der Waals surface area contributed by atoms with Crippen LogP contribution in [-0.4, -0.2) is 11.0 Å². The molecule has 5 heteroatoms. The van der Waals surface area contributed by atoms with Crippen LogP contribution in [0.1, 0.15) is 29.3 Å². The molecule has 0 amide bonds. The third-order valence-corrected chi connectivity index (χ3v) is 4.10. The number of esters is 1. The van der Waals surface area contributed by atoms with Crippen molar-refractivity contribution in [2.45, 2.75) is 18.9 Å². The molecular weight excluding hydrogens is 353 g/mol. The molecule has 0 aliphatic carbocycles. The second kappa shape index (κ2) is 8.59. The molecule has 0 saturated heterocycles. The lowest BCUT2D eigenvalue weighted by Gasteiger charge is -2.18. The molecule has 0 N–H and O–H groups in total. The van der Waals surface area contributed by atoms with Gasteiger partial charge in [-0.3, -0.25) is 9.78 Å². The highest BCUT2D eigenvalue weighted by atomic mass is 35.5. The molecule has 3 rings (SSSR count). The van der Waals surface area contributed by atoms with E-state index in [1.54, 1.807) is 42.6 Å². The van der Waals surface area contributed by atoms with Crippen LogP contribution in [0.25, 0.3) is 0 Å². The number of pyridine rings is 1. The van der Waals surface area contributed by atoms with Crippen LogP contribution in [-0.2, 0) is 16.0 Å². The quantitative estimate of drug-likeness (QED) is 0.565. The molecule has 1 atom stereocenters. The van der Waals surface area contributed by atoms with E-state index in [1.165, 1.54) is 12.1 Å². The molecule has 0 aliphatic rings. The number of carbonyl (C=O) groups excluding carboxylic acids is 1. The number of aryl methyl sites for hydroxylation is 1. The van der Waals surface area contributed by atoms with Crippen molar-refractivity contribution in [2.24, 2.45) is 0 Å². The van der Waals surface area contributed by atoms with Gasteiger partial charge in [-0.05, 0) is 48.4 Å². The Labute approximate surface area is 156 Å². The first-order chi connectivity index (χ1) is 12.6. The Morgan fingerprint density at radius 3 is 2.65 bits per heavy atom. The minimum Gasteiger partial charge on any atom is -0.451 e. The lowest BCUT2D eigenvalue weighted by atomic mass is 10.1. The molecule has 26 heavy (non-hydrogen) atoms. The first-order valence-corrected chi connectivity index (χ1v) is 8.60. The minimum absolute atomic E-state index is 0.193. The van der Waals surface area contributed by atoms with Crippen LogP contribution in [0.5, 0.6) is 0 Å². The van der Waals surface area contributed by atoms with Gasteiger partial charge in [0.05, 0.1) is 5.69 Å². The van der Waals surface area contributed by atoms with Gasteiger partial charge in [-0.1, -0.05) is 41.9 Å². The van der Waals surface area contributed by atoms with Crippen molar-refractivity contribution in [2.75, 3.05) is 0 Å². The fourth-order valence-electron chi connectivity index (χ4n) is 2.63. The smallest absolute Gasteiger partial charge is 0.307 e. The topological polar surface area (TPSA) is 39.2 Å². The monoisotopic (exact) mass is 369 g/mol. The summed E-state index contributed by atoms with van der Waals surface area (Å²) in [7, 11) is 0. The summed E-state index contributed by atoms with van der Waals surface area (Å²) in [6, 6.07) is 18.7. The van der Waals surface area contributed by atoms with E-state index in [1.807, 2.05) is 18.2 Å². The van der Waals surface area contributed by atoms with E-state index in [9.17, 15) is 9.18 Å². The molecule has 3 aromatic rings. The summed E-state index contributed by atoms with van der Waals surface area (Å²) in [6.45, 7) is 0. The van der Waals surface area contributed by atoms with Gasteiger partial charge in [0.15, 0.2) is 6.10 Å². The summed E-state index contributed by atoms with van der Waals surface area (Å²) in [5.41, 5.74) is 2.05. The van der Waals surface area contributed by atoms with E-state index in [2.05, 4.69) is 4.98 Å². The lowest BCUT2D eigenvalue weighted by molar-refractivity contribution is -0.147. The van der Waals surface area contributed by atoms with Crippen LogP contribution in [0.4, 0.5) is 4.39 Å². The van der Waals surface area contributed by atoms with Crippen molar-refractivity contribution >= 4 is 17.6 Å². The van der Waals surface area contributed by atoms with Crippen molar-refractivity contribution in [1.29, 1.82) is 0 Å². The zero-order chi connectivity index (χ0) is 18.4. The Morgan fingerprint density at radius 2 is 1.92 bits per heavy atom. The lowest BCUT2D eigenvalue weighted by Crippen LogP contribution is -2.14. The Bertz CT molecular complexity index is 886. The Morgan fingerprint density at radius 1 is 1.08 bits per heavy atom. The number of hydrogen-bond donors (Lipinski definition) is 0. The average molecular weight is 370 g/mol. The number of aromatic nitrogens is 1. The second-order valence-electron chi connectivity index (χ2n) is 5.81. The van der Waals surface area contributed by atoms with Crippen molar-refractivity contribution in [1.82, 2.24) is 4.98 Å². The first-order valence-electron chi connectivity index (χ1n) is 8.22. The molecule has 1 aromatic heterocycles. The Balaban J connectivity index is 1.74. The molecule has 0 aliphatic heterocycles. The number of carbonyl (C=O) groups is 1. The Kier molecular flexibility index (Phi) is 5.97. The van der Waals surface area contributed by atoms with Gasteiger partial charge in [0.2, 0.25) is 0 Å². The Hall–Kier alpha value is -2.72. The highest BCUT2D eigenvalue weighted by Gasteiger charge is 2.20. The first kappa shape index (κ1) is 18.1. The van der Waals surface area contributed by atoms with Crippen molar-refractivity contribution < 1.29 is 13.9 Å². The predicted octanol–water partition coefficient (Wildman–Crippen LogP) is 5.14. The van der Waals surface area contributed by atoms with Gasteiger partial charge in [0.1, 0.15) is 5.82 Å². The molecule has 1 unspecified atom stereocenters. The summed E-state index contributed by atoms with van der Waals surface area (Å²) in [6.07, 6.45) is 1.57. The van der Waals surface area contributed by atoms with Gasteiger partial charge >= 0.3 is 5.97 Å². The van der Waals surface area contributed by atoms with Crippen molar-refractivity contribution in [3.8, 4) is 0 Å². The zero-order valence-electron chi connectivity index (χ0n) is 13.9. The van der Waals surface area contributed by atoms with Crippen molar-refractivity contribution in [3.63, 3.8) is 0 Å². The second-order valence-corrected chi connectivity index (χ2v) is 6.25.